The minimum Gasteiger partial charge on any atom is -0.493 e. The molecule has 0 saturated heterocycles. The molecule has 1 saturated carbocycles. The number of hydrogen-bond donors (Lipinski definition) is 1. The predicted octanol–water partition coefficient (Wildman–Crippen LogP) is 3.77. The summed E-state index contributed by atoms with van der Waals surface area (Å²) in [6, 6.07) is 13.8. The lowest BCUT2D eigenvalue weighted by Crippen LogP contribution is -2.54. The van der Waals surface area contributed by atoms with Crippen molar-refractivity contribution < 1.29 is 27.5 Å². The first kappa shape index (κ1) is 30.3. The molecule has 3 rings (SSSR count). The second-order valence-corrected chi connectivity index (χ2v) is 11.8. The van der Waals surface area contributed by atoms with Crippen molar-refractivity contribution in [3.8, 4) is 11.5 Å². The minimum atomic E-state index is -3.84. The van der Waals surface area contributed by atoms with Crippen molar-refractivity contribution in [1.82, 2.24) is 10.2 Å². The number of carbonyl (C=O) groups is 2. The molecule has 2 amide bonds. The first-order chi connectivity index (χ1) is 18.7. The van der Waals surface area contributed by atoms with Crippen LogP contribution in [0.3, 0.4) is 0 Å². The third kappa shape index (κ3) is 8.36. The first-order valence-electron chi connectivity index (χ1n) is 13.5. The molecule has 0 aliphatic heterocycles. The average Bonchev–Trinajstić information content (AvgIpc) is 2.93. The highest BCUT2D eigenvalue weighted by molar-refractivity contribution is 7.92. The molecule has 0 heterocycles. The van der Waals surface area contributed by atoms with Crippen LogP contribution in [0.5, 0.6) is 11.5 Å². The van der Waals surface area contributed by atoms with E-state index in [-0.39, 0.29) is 24.2 Å². The number of hydrogen-bond acceptors (Lipinski definition) is 6. The summed E-state index contributed by atoms with van der Waals surface area (Å²) in [6.45, 7) is 1.70. The van der Waals surface area contributed by atoms with E-state index in [0.717, 1.165) is 41.8 Å². The largest absolute Gasteiger partial charge is 0.493 e. The number of methoxy groups -OCH3 is 2. The van der Waals surface area contributed by atoms with E-state index in [1.54, 1.807) is 12.1 Å². The Morgan fingerprint density at radius 3 is 2.26 bits per heavy atom. The maximum absolute atomic E-state index is 13.9. The van der Waals surface area contributed by atoms with Gasteiger partial charge in [-0.3, -0.25) is 13.9 Å². The molecule has 10 heteroatoms. The summed E-state index contributed by atoms with van der Waals surface area (Å²) in [7, 11) is -0.897. The first-order valence-corrected chi connectivity index (χ1v) is 15.4. The topological polar surface area (TPSA) is 105 Å². The molecule has 2 aromatic rings. The Morgan fingerprint density at radius 1 is 1.00 bits per heavy atom. The zero-order chi connectivity index (χ0) is 28.4. The Hall–Kier alpha value is -3.27. The number of rotatable bonds is 13. The van der Waals surface area contributed by atoms with Gasteiger partial charge in [-0.1, -0.05) is 56.5 Å². The molecule has 39 heavy (non-hydrogen) atoms. The van der Waals surface area contributed by atoms with Crippen LogP contribution in [0, 0.1) is 0 Å². The van der Waals surface area contributed by atoms with Crippen LogP contribution in [0.15, 0.2) is 48.5 Å². The molecule has 0 radical (unpaired) electrons. The van der Waals surface area contributed by atoms with Gasteiger partial charge in [0.2, 0.25) is 21.8 Å². The molecule has 1 N–H and O–H groups in total. The lowest BCUT2D eigenvalue weighted by Gasteiger charge is -2.34. The fraction of sp³-hybridized carbons (Fsp3) is 0.517. The Balaban J connectivity index is 1.89. The van der Waals surface area contributed by atoms with Crippen LogP contribution in [0.2, 0.25) is 0 Å². The van der Waals surface area contributed by atoms with Gasteiger partial charge in [-0.2, -0.15) is 0 Å². The van der Waals surface area contributed by atoms with E-state index in [2.05, 4.69) is 5.32 Å². The highest BCUT2D eigenvalue weighted by atomic mass is 32.2. The van der Waals surface area contributed by atoms with Gasteiger partial charge in [0, 0.05) is 18.7 Å². The molecule has 0 unspecified atom stereocenters. The summed E-state index contributed by atoms with van der Waals surface area (Å²) in [4.78, 5) is 28.8. The van der Waals surface area contributed by atoms with Crippen LogP contribution in [-0.4, -0.2) is 70.8 Å². The van der Waals surface area contributed by atoms with Crippen LogP contribution in [0.4, 0.5) is 5.69 Å². The second-order valence-electron chi connectivity index (χ2n) is 9.90. The normalized spacial score (nSPS) is 14.8. The molecule has 1 aliphatic rings. The number of benzene rings is 2. The number of nitrogens with one attached hydrogen (secondary N) is 1. The maximum atomic E-state index is 13.9. The molecule has 0 aromatic heterocycles. The number of anilines is 1. The van der Waals surface area contributed by atoms with E-state index in [0.29, 0.717) is 24.3 Å². The monoisotopic (exact) mass is 559 g/mol. The van der Waals surface area contributed by atoms with E-state index in [1.807, 2.05) is 37.3 Å². The summed E-state index contributed by atoms with van der Waals surface area (Å²) in [5.41, 5.74) is 1.30. The summed E-state index contributed by atoms with van der Waals surface area (Å²) in [5, 5.41) is 3.15. The van der Waals surface area contributed by atoms with Crippen LogP contribution >= 0.6 is 0 Å². The molecule has 2 aromatic carbocycles. The number of sulfonamides is 1. The zero-order valence-corrected chi connectivity index (χ0v) is 24.2. The molecule has 1 aliphatic carbocycles. The Morgan fingerprint density at radius 2 is 1.67 bits per heavy atom. The standard InChI is InChI=1S/C29H41N3O6S/c1-5-25(29(34)30-23-14-10-7-11-15-23)31(19-18-22-12-8-6-9-13-22)28(33)21-32(39(4,35)36)24-16-17-26(37-2)27(20-24)38-3/h6,8-9,12-13,16-17,20,23,25H,5,7,10-11,14-15,18-19,21H2,1-4H3,(H,30,34)/t25-/m1/s1. The van der Waals surface area contributed by atoms with Crippen molar-refractivity contribution >= 4 is 27.5 Å². The molecule has 214 valence electrons. The number of ether oxygens (including phenoxy) is 2. The van der Waals surface area contributed by atoms with Gasteiger partial charge < -0.3 is 19.7 Å². The van der Waals surface area contributed by atoms with E-state index in [1.165, 1.54) is 31.6 Å². The van der Waals surface area contributed by atoms with Crippen molar-refractivity contribution in [3.63, 3.8) is 0 Å². The number of amides is 2. The van der Waals surface area contributed by atoms with Gasteiger partial charge in [-0.25, -0.2) is 8.42 Å². The Labute approximate surface area is 232 Å². The van der Waals surface area contributed by atoms with Crippen molar-refractivity contribution in [2.75, 3.05) is 37.9 Å². The molecule has 1 atom stereocenters. The number of carbonyl (C=O) groups excluding carboxylic acids is 2. The summed E-state index contributed by atoms with van der Waals surface area (Å²) < 4.78 is 37.4. The van der Waals surface area contributed by atoms with Gasteiger partial charge in [-0.15, -0.1) is 0 Å². The van der Waals surface area contributed by atoms with Crippen molar-refractivity contribution in [3.05, 3.63) is 54.1 Å². The second kappa shape index (κ2) is 14.2. The summed E-state index contributed by atoms with van der Waals surface area (Å²) in [6.07, 6.45) is 7.19. The Kier molecular flexibility index (Phi) is 11.0. The molecule has 0 spiro atoms. The average molecular weight is 560 g/mol. The third-order valence-corrected chi connectivity index (χ3v) is 8.30. The highest BCUT2D eigenvalue weighted by Crippen LogP contribution is 2.32. The minimum absolute atomic E-state index is 0.102. The van der Waals surface area contributed by atoms with Gasteiger partial charge in [0.1, 0.15) is 12.6 Å². The van der Waals surface area contributed by atoms with E-state index < -0.39 is 28.5 Å². The van der Waals surface area contributed by atoms with Crippen molar-refractivity contribution in [2.45, 2.75) is 64.0 Å². The lowest BCUT2D eigenvalue weighted by molar-refractivity contribution is -0.140. The molecular weight excluding hydrogens is 518 g/mol. The van der Waals surface area contributed by atoms with Crippen LogP contribution < -0.4 is 19.1 Å². The molecule has 1 fully saturated rings. The molecular formula is C29H41N3O6S. The SMILES string of the molecule is CC[C@H](C(=O)NC1CCCCC1)N(CCc1ccccc1)C(=O)CN(c1ccc(OC)c(OC)c1)S(C)(=O)=O. The summed E-state index contributed by atoms with van der Waals surface area (Å²) in [5.74, 6) is 0.144. The molecule has 9 nitrogen and oxygen atoms in total. The lowest BCUT2D eigenvalue weighted by atomic mass is 9.95. The smallest absolute Gasteiger partial charge is 0.244 e. The maximum Gasteiger partial charge on any atom is 0.244 e. The van der Waals surface area contributed by atoms with Crippen LogP contribution in [0.25, 0.3) is 0 Å². The number of nitrogens with zero attached hydrogens (tertiary/aromatic N) is 2. The predicted molar refractivity (Wildman–Crippen MR) is 153 cm³/mol. The van der Waals surface area contributed by atoms with E-state index >= 15 is 0 Å². The van der Waals surface area contributed by atoms with Gasteiger partial charge in [0.15, 0.2) is 11.5 Å². The van der Waals surface area contributed by atoms with Gasteiger partial charge in [0.25, 0.3) is 0 Å². The quantitative estimate of drug-likeness (QED) is 0.401. The van der Waals surface area contributed by atoms with E-state index in [4.69, 9.17) is 9.47 Å². The third-order valence-electron chi connectivity index (χ3n) is 7.16. The zero-order valence-electron chi connectivity index (χ0n) is 23.4. The fourth-order valence-corrected chi connectivity index (χ4v) is 5.88. The van der Waals surface area contributed by atoms with Crippen molar-refractivity contribution in [1.29, 1.82) is 0 Å². The Bertz CT molecular complexity index is 1200. The fourth-order valence-electron chi connectivity index (χ4n) is 5.03. The van der Waals surface area contributed by atoms with Crippen molar-refractivity contribution in [2.24, 2.45) is 0 Å². The van der Waals surface area contributed by atoms with Crippen LogP contribution in [-0.2, 0) is 26.0 Å². The molecule has 0 bridgehead atoms. The van der Waals surface area contributed by atoms with E-state index in [9.17, 15) is 18.0 Å². The van der Waals surface area contributed by atoms with Gasteiger partial charge in [-0.05, 0) is 43.4 Å². The van der Waals surface area contributed by atoms with Crippen LogP contribution in [0.1, 0.15) is 51.0 Å². The highest BCUT2D eigenvalue weighted by Gasteiger charge is 2.32. The summed E-state index contributed by atoms with van der Waals surface area (Å²) >= 11 is 0. The van der Waals surface area contributed by atoms with Gasteiger partial charge in [0.05, 0.1) is 26.2 Å². The van der Waals surface area contributed by atoms with Gasteiger partial charge >= 0.3 is 0 Å².